The molecule has 0 unspecified atom stereocenters. The molecule has 3 N–H and O–H groups in total. The van der Waals surface area contributed by atoms with Gasteiger partial charge >= 0.3 is 11.4 Å². The lowest BCUT2D eigenvalue weighted by atomic mass is 10.4. The van der Waals surface area contributed by atoms with E-state index >= 15 is 0 Å². The van der Waals surface area contributed by atoms with Crippen molar-refractivity contribution >= 4 is 40.6 Å². The molecule has 12 heteroatoms. The van der Waals surface area contributed by atoms with E-state index < -0.39 is 16.9 Å². The second-order valence-corrected chi connectivity index (χ2v) is 5.81. The summed E-state index contributed by atoms with van der Waals surface area (Å²) in [5.41, 5.74) is -1.43. The van der Waals surface area contributed by atoms with E-state index in [1.54, 1.807) is 0 Å². The monoisotopic (exact) mass is 360 g/mol. The van der Waals surface area contributed by atoms with Crippen LogP contribution in [0, 0.1) is 0 Å². The van der Waals surface area contributed by atoms with Crippen molar-refractivity contribution in [2.75, 3.05) is 0 Å². The Morgan fingerprint density at radius 3 is 2.73 bits per heavy atom. The summed E-state index contributed by atoms with van der Waals surface area (Å²) >= 11 is 12.8. The maximum atomic E-state index is 11.8. The molecule has 0 fully saturated rings. The van der Waals surface area contributed by atoms with Crippen LogP contribution in [0.4, 0.5) is 0 Å². The van der Waals surface area contributed by atoms with E-state index in [-0.39, 0.29) is 32.3 Å². The number of nitrogens with zero attached hydrogens (tertiary/aromatic N) is 3. The number of halogens is 2. The fourth-order valence-corrected chi connectivity index (χ4v) is 2.88. The van der Waals surface area contributed by atoms with Gasteiger partial charge in [-0.05, 0) is 0 Å². The molecular weight excluding hydrogens is 355 g/mol. The Morgan fingerprint density at radius 2 is 1.95 bits per heavy atom. The molecule has 9 nitrogen and oxygen atoms in total. The van der Waals surface area contributed by atoms with Crippen LogP contribution in [-0.2, 0) is 5.75 Å². The molecule has 0 aliphatic rings. The summed E-state index contributed by atoms with van der Waals surface area (Å²) in [6.45, 7) is 0. The molecule has 0 spiro atoms. The van der Waals surface area contributed by atoms with Crippen LogP contribution in [-0.4, -0.2) is 29.5 Å². The standard InChI is InChI=1S/C10H6Cl2N6O3S/c11-3-1-13-18-6(3)15-9(17-10(18)21)22-2-4-5(12)7(19)16-8(20)14-4/h1H,2H2,(H,15,17,21)(H2,14,16,19,20). The third kappa shape index (κ3) is 2.67. The Morgan fingerprint density at radius 1 is 1.18 bits per heavy atom. The summed E-state index contributed by atoms with van der Waals surface area (Å²) < 4.78 is 1.02. The van der Waals surface area contributed by atoms with Gasteiger partial charge in [0, 0.05) is 5.75 Å². The maximum Gasteiger partial charge on any atom is 0.350 e. The lowest BCUT2D eigenvalue weighted by Gasteiger charge is -2.03. The summed E-state index contributed by atoms with van der Waals surface area (Å²) in [6.07, 6.45) is 1.30. The highest BCUT2D eigenvalue weighted by atomic mass is 35.5. The predicted molar refractivity (Wildman–Crippen MR) is 80.9 cm³/mol. The smallest absolute Gasteiger partial charge is 0.309 e. The lowest BCUT2D eigenvalue weighted by molar-refractivity contribution is 0.786. The zero-order chi connectivity index (χ0) is 15.9. The van der Waals surface area contributed by atoms with Gasteiger partial charge in [-0.3, -0.25) is 14.8 Å². The van der Waals surface area contributed by atoms with Crippen molar-refractivity contribution in [3.8, 4) is 0 Å². The average molecular weight is 361 g/mol. The highest BCUT2D eigenvalue weighted by molar-refractivity contribution is 7.98. The number of thioether (sulfide) groups is 1. The van der Waals surface area contributed by atoms with E-state index in [0.29, 0.717) is 0 Å². The van der Waals surface area contributed by atoms with Crippen LogP contribution in [0.3, 0.4) is 0 Å². The summed E-state index contributed by atoms with van der Waals surface area (Å²) in [6, 6.07) is 0. The Balaban J connectivity index is 1.95. The fourth-order valence-electron chi connectivity index (χ4n) is 1.67. The number of rotatable bonds is 3. The molecule has 0 amide bonds. The Labute approximate surface area is 134 Å². The van der Waals surface area contributed by atoms with Crippen molar-refractivity contribution in [3.05, 3.63) is 53.3 Å². The first-order valence-corrected chi connectivity index (χ1v) is 7.47. The minimum atomic E-state index is -0.684. The number of aromatic amines is 3. The number of hydrogen-bond donors (Lipinski definition) is 3. The molecule has 0 radical (unpaired) electrons. The third-order valence-electron chi connectivity index (χ3n) is 2.62. The second-order valence-electron chi connectivity index (χ2n) is 4.06. The van der Waals surface area contributed by atoms with Crippen LogP contribution < -0.4 is 16.9 Å². The van der Waals surface area contributed by atoms with Crippen LogP contribution in [0.15, 0.2) is 25.7 Å². The molecule has 0 aromatic carbocycles. The van der Waals surface area contributed by atoms with Crippen LogP contribution in [0.1, 0.15) is 5.69 Å². The average Bonchev–Trinajstić information content (AvgIpc) is 2.83. The first-order valence-electron chi connectivity index (χ1n) is 5.73. The molecule has 0 aliphatic heterocycles. The normalized spacial score (nSPS) is 11.2. The van der Waals surface area contributed by atoms with Gasteiger partial charge in [-0.25, -0.2) is 14.6 Å². The molecule has 3 rings (SSSR count). The van der Waals surface area contributed by atoms with Crippen molar-refractivity contribution in [2.24, 2.45) is 0 Å². The molecular formula is C10H6Cl2N6O3S. The van der Waals surface area contributed by atoms with E-state index in [1.807, 2.05) is 4.98 Å². The molecule has 0 bridgehead atoms. The first-order chi connectivity index (χ1) is 10.5. The Hall–Kier alpha value is -2.04. The zero-order valence-electron chi connectivity index (χ0n) is 10.5. The Kier molecular flexibility index (Phi) is 3.81. The number of H-pyrrole nitrogens is 3. The summed E-state index contributed by atoms with van der Waals surface area (Å²) in [5, 5.41) is 4.12. The van der Waals surface area contributed by atoms with Gasteiger partial charge in [-0.1, -0.05) is 35.0 Å². The highest BCUT2D eigenvalue weighted by Gasteiger charge is 2.11. The number of nitrogens with one attached hydrogen (secondary N) is 3. The van der Waals surface area contributed by atoms with Gasteiger partial charge in [0.05, 0.1) is 11.9 Å². The number of aromatic nitrogens is 6. The lowest BCUT2D eigenvalue weighted by Crippen LogP contribution is -2.24. The van der Waals surface area contributed by atoms with Crippen LogP contribution in [0.5, 0.6) is 0 Å². The third-order valence-corrected chi connectivity index (χ3v) is 4.19. The first kappa shape index (κ1) is 14.9. The molecule has 0 aliphatic carbocycles. The van der Waals surface area contributed by atoms with Crippen LogP contribution in [0.25, 0.3) is 5.65 Å². The Bertz CT molecular complexity index is 1040. The van der Waals surface area contributed by atoms with E-state index in [1.165, 1.54) is 6.20 Å². The molecule has 0 saturated carbocycles. The van der Waals surface area contributed by atoms with E-state index in [4.69, 9.17) is 23.2 Å². The quantitative estimate of drug-likeness (QED) is 0.579. The summed E-state index contributed by atoms with van der Waals surface area (Å²) in [5.74, 6) is 0.128. The van der Waals surface area contributed by atoms with E-state index in [0.717, 1.165) is 16.3 Å². The molecule has 3 aromatic rings. The summed E-state index contributed by atoms with van der Waals surface area (Å²) in [7, 11) is 0. The van der Waals surface area contributed by atoms with Gasteiger partial charge < -0.3 is 4.98 Å². The number of fused-ring (bicyclic) bond motifs is 1. The zero-order valence-corrected chi connectivity index (χ0v) is 12.8. The van der Waals surface area contributed by atoms with Gasteiger partial charge in [-0.2, -0.15) is 9.61 Å². The van der Waals surface area contributed by atoms with Crippen LogP contribution in [0.2, 0.25) is 10.0 Å². The minimum Gasteiger partial charge on any atom is -0.309 e. The van der Waals surface area contributed by atoms with Gasteiger partial charge in [0.15, 0.2) is 10.8 Å². The fraction of sp³-hybridized carbons (Fsp3) is 0.100. The minimum absolute atomic E-state index is 0.127. The summed E-state index contributed by atoms with van der Waals surface area (Å²) in [4.78, 5) is 45.5. The van der Waals surface area contributed by atoms with E-state index in [9.17, 15) is 14.4 Å². The van der Waals surface area contributed by atoms with Gasteiger partial charge in [0.25, 0.3) is 5.56 Å². The van der Waals surface area contributed by atoms with Crippen LogP contribution >= 0.6 is 35.0 Å². The molecule has 0 atom stereocenters. The molecule has 0 saturated heterocycles. The van der Waals surface area contributed by atoms with E-state index in [2.05, 4.69) is 20.1 Å². The molecule has 114 valence electrons. The molecule has 3 heterocycles. The second kappa shape index (κ2) is 5.63. The molecule has 3 aromatic heterocycles. The SMILES string of the molecule is O=c1[nH]c(CSc2nc3c(Cl)cnn3c(=O)[nH]2)c(Cl)c(=O)[nH]1. The predicted octanol–water partition coefficient (Wildman–Crippen LogP) is 0.393. The maximum absolute atomic E-state index is 11.8. The van der Waals surface area contributed by atoms with Gasteiger partial charge in [0.1, 0.15) is 10.0 Å². The van der Waals surface area contributed by atoms with Gasteiger partial charge in [0.2, 0.25) is 0 Å². The molecule has 22 heavy (non-hydrogen) atoms. The topological polar surface area (TPSA) is 129 Å². The number of hydrogen-bond acceptors (Lipinski definition) is 6. The van der Waals surface area contributed by atoms with Crippen molar-refractivity contribution in [2.45, 2.75) is 10.9 Å². The van der Waals surface area contributed by atoms with Crippen molar-refractivity contribution in [3.63, 3.8) is 0 Å². The van der Waals surface area contributed by atoms with Crippen molar-refractivity contribution < 1.29 is 0 Å². The van der Waals surface area contributed by atoms with Crippen molar-refractivity contribution in [1.82, 2.24) is 29.5 Å². The van der Waals surface area contributed by atoms with Crippen molar-refractivity contribution in [1.29, 1.82) is 0 Å². The largest absolute Gasteiger partial charge is 0.350 e. The highest BCUT2D eigenvalue weighted by Crippen LogP contribution is 2.21. The van der Waals surface area contributed by atoms with Gasteiger partial charge in [-0.15, -0.1) is 0 Å².